The molecule has 3 nitrogen and oxygen atoms in total. The highest BCUT2D eigenvalue weighted by molar-refractivity contribution is 5.92. The molecule has 0 saturated heterocycles. The van der Waals surface area contributed by atoms with Crippen molar-refractivity contribution in [2.75, 3.05) is 5.32 Å². The summed E-state index contributed by atoms with van der Waals surface area (Å²) >= 11 is 0. The number of amides is 1. The monoisotopic (exact) mass is 357 g/mol. The van der Waals surface area contributed by atoms with Gasteiger partial charge < -0.3 is 10.4 Å². The van der Waals surface area contributed by atoms with Gasteiger partial charge in [-0.3, -0.25) is 4.79 Å². The summed E-state index contributed by atoms with van der Waals surface area (Å²) in [7, 11) is 0. The van der Waals surface area contributed by atoms with E-state index in [1.807, 2.05) is 6.92 Å². The van der Waals surface area contributed by atoms with Gasteiger partial charge in [-0.05, 0) is 18.6 Å². The SMILES string of the molecule is CCCC(C)C(=O)Nc1ccc(C(O)(C(F)(F)F)C(F)(F)F)cc1. The third-order valence-corrected chi connectivity index (χ3v) is 3.56. The number of anilines is 1. The van der Waals surface area contributed by atoms with Crippen LogP contribution in [0.4, 0.5) is 32.0 Å². The number of halogens is 6. The summed E-state index contributed by atoms with van der Waals surface area (Å²) in [6.45, 7) is 3.52. The van der Waals surface area contributed by atoms with Crippen molar-refractivity contribution in [3.63, 3.8) is 0 Å². The van der Waals surface area contributed by atoms with Gasteiger partial charge in [0.25, 0.3) is 5.60 Å². The zero-order chi connectivity index (χ0) is 18.8. The molecule has 0 bridgehead atoms. The van der Waals surface area contributed by atoms with Crippen molar-refractivity contribution in [2.45, 2.75) is 44.6 Å². The minimum absolute atomic E-state index is 0.0402. The second-order valence-electron chi connectivity index (χ2n) is 5.46. The van der Waals surface area contributed by atoms with E-state index in [9.17, 15) is 36.2 Å². The normalized spacial score (nSPS) is 14.4. The standard InChI is InChI=1S/C15H17F6NO2/c1-3-4-9(2)12(23)22-11-7-5-10(6-8-11)13(24,14(16,17)18)15(19,20)21/h5-9,24H,3-4H2,1-2H3,(H,22,23). The fourth-order valence-corrected chi connectivity index (χ4v) is 2.11. The molecule has 0 aliphatic heterocycles. The van der Waals surface area contributed by atoms with Crippen molar-refractivity contribution in [2.24, 2.45) is 5.92 Å². The van der Waals surface area contributed by atoms with Crippen molar-refractivity contribution in [3.05, 3.63) is 29.8 Å². The Kier molecular flexibility index (Phi) is 5.91. The molecule has 0 aliphatic rings. The lowest BCUT2D eigenvalue weighted by Gasteiger charge is -2.32. The van der Waals surface area contributed by atoms with Crippen molar-refractivity contribution >= 4 is 11.6 Å². The van der Waals surface area contributed by atoms with Crippen LogP contribution in [0.2, 0.25) is 0 Å². The molecular formula is C15H17F6NO2. The summed E-state index contributed by atoms with van der Waals surface area (Å²) < 4.78 is 76.5. The zero-order valence-electron chi connectivity index (χ0n) is 12.9. The molecule has 1 unspecified atom stereocenters. The van der Waals surface area contributed by atoms with Gasteiger partial charge in [0, 0.05) is 17.2 Å². The highest BCUT2D eigenvalue weighted by Crippen LogP contribution is 2.50. The molecule has 1 amide bonds. The Morgan fingerprint density at radius 1 is 1.08 bits per heavy atom. The summed E-state index contributed by atoms with van der Waals surface area (Å²) in [5.41, 5.74) is -6.31. The first-order chi connectivity index (χ1) is 10.8. The van der Waals surface area contributed by atoms with Gasteiger partial charge in [-0.15, -0.1) is 0 Å². The summed E-state index contributed by atoms with van der Waals surface area (Å²) in [5, 5.41) is 11.6. The van der Waals surface area contributed by atoms with E-state index in [4.69, 9.17) is 0 Å². The Hall–Kier alpha value is -1.77. The number of carbonyl (C=O) groups is 1. The molecular weight excluding hydrogens is 340 g/mol. The van der Waals surface area contributed by atoms with E-state index in [1.54, 1.807) is 6.92 Å². The molecule has 1 rings (SSSR count). The molecule has 0 aromatic heterocycles. The molecule has 0 saturated carbocycles. The fourth-order valence-electron chi connectivity index (χ4n) is 2.11. The van der Waals surface area contributed by atoms with Crippen LogP contribution in [0.25, 0.3) is 0 Å². The van der Waals surface area contributed by atoms with Crippen LogP contribution in [0.5, 0.6) is 0 Å². The zero-order valence-corrected chi connectivity index (χ0v) is 12.9. The van der Waals surface area contributed by atoms with Crippen molar-refractivity contribution < 1.29 is 36.2 Å². The molecule has 2 N–H and O–H groups in total. The summed E-state index contributed by atoms with van der Waals surface area (Å²) in [5.74, 6) is -0.747. The third kappa shape index (κ3) is 4.00. The van der Waals surface area contributed by atoms with Gasteiger partial charge in [-0.2, -0.15) is 26.3 Å². The molecule has 1 atom stereocenters. The number of nitrogens with one attached hydrogen (secondary N) is 1. The van der Waals surface area contributed by atoms with Crippen LogP contribution in [0.1, 0.15) is 32.3 Å². The molecule has 1 aromatic rings. The molecule has 0 spiro atoms. The maximum Gasteiger partial charge on any atom is 0.430 e. The van der Waals surface area contributed by atoms with E-state index in [0.717, 1.165) is 18.6 Å². The largest absolute Gasteiger partial charge is 0.430 e. The van der Waals surface area contributed by atoms with Gasteiger partial charge >= 0.3 is 12.4 Å². The summed E-state index contributed by atoms with van der Waals surface area (Å²) in [4.78, 5) is 11.8. The van der Waals surface area contributed by atoms with Crippen LogP contribution in [-0.2, 0) is 10.4 Å². The molecule has 136 valence electrons. The lowest BCUT2D eigenvalue weighted by molar-refractivity contribution is -0.376. The van der Waals surface area contributed by atoms with E-state index in [-0.39, 0.29) is 11.6 Å². The summed E-state index contributed by atoms with van der Waals surface area (Å²) in [6, 6.07) is 2.74. The summed E-state index contributed by atoms with van der Waals surface area (Å²) in [6.07, 6.45) is -10.5. The Morgan fingerprint density at radius 2 is 1.54 bits per heavy atom. The second kappa shape index (κ2) is 7.00. The molecule has 0 heterocycles. The molecule has 24 heavy (non-hydrogen) atoms. The number of benzene rings is 1. The average Bonchev–Trinajstić information content (AvgIpc) is 2.45. The van der Waals surface area contributed by atoms with E-state index in [0.29, 0.717) is 18.6 Å². The van der Waals surface area contributed by atoms with Crippen LogP contribution in [0, 0.1) is 5.92 Å². The third-order valence-electron chi connectivity index (χ3n) is 3.56. The molecule has 0 aliphatic carbocycles. The topological polar surface area (TPSA) is 49.3 Å². The second-order valence-corrected chi connectivity index (χ2v) is 5.46. The first-order valence-electron chi connectivity index (χ1n) is 7.11. The van der Waals surface area contributed by atoms with Gasteiger partial charge in [-0.1, -0.05) is 32.4 Å². The average molecular weight is 357 g/mol. The lowest BCUT2D eigenvalue weighted by Crippen LogP contribution is -2.53. The first-order valence-corrected chi connectivity index (χ1v) is 7.11. The van der Waals surface area contributed by atoms with Crippen molar-refractivity contribution in [3.8, 4) is 0 Å². The van der Waals surface area contributed by atoms with Crippen LogP contribution < -0.4 is 5.32 Å². The lowest BCUT2D eigenvalue weighted by atomic mass is 9.92. The van der Waals surface area contributed by atoms with Crippen molar-refractivity contribution in [1.29, 1.82) is 0 Å². The number of rotatable bonds is 5. The van der Waals surface area contributed by atoms with Crippen LogP contribution in [0.15, 0.2) is 24.3 Å². The fraction of sp³-hybridized carbons (Fsp3) is 0.533. The van der Waals surface area contributed by atoms with Gasteiger partial charge in [0.05, 0.1) is 0 Å². The molecule has 9 heteroatoms. The predicted molar refractivity (Wildman–Crippen MR) is 75.2 cm³/mol. The van der Waals surface area contributed by atoms with Gasteiger partial charge in [-0.25, -0.2) is 0 Å². The van der Waals surface area contributed by atoms with Crippen LogP contribution in [-0.4, -0.2) is 23.4 Å². The van der Waals surface area contributed by atoms with Gasteiger partial charge in [0.15, 0.2) is 0 Å². The maximum absolute atomic E-state index is 12.7. The maximum atomic E-state index is 12.7. The van der Waals surface area contributed by atoms with Gasteiger partial charge in [0.1, 0.15) is 0 Å². The van der Waals surface area contributed by atoms with E-state index >= 15 is 0 Å². The Labute approximate surface area is 134 Å². The minimum Gasteiger partial charge on any atom is -0.369 e. The quantitative estimate of drug-likeness (QED) is 0.769. The Balaban J connectivity index is 3.07. The van der Waals surface area contributed by atoms with Gasteiger partial charge in [0.2, 0.25) is 5.91 Å². The number of hydrogen-bond acceptors (Lipinski definition) is 2. The number of alkyl halides is 6. The van der Waals surface area contributed by atoms with E-state index in [1.165, 1.54) is 0 Å². The molecule has 0 radical (unpaired) electrons. The van der Waals surface area contributed by atoms with E-state index < -0.39 is 29.4 Å². The molecule has 0 fully saturated rings. The molecule has 1 aromatic carbocycles. The highest BCUT2D eigenvalue weighted by Gasteiger charge is 2.71. The van der Waals surface area contributed by atoms with Crippen molar-refractivity contribution in [1.82, 2.24) is 0 Å². The number of carbonyl (C=O) groups excluding carboxylic acids is 1. The van der Waals surface area contributed by atoms with Crippen LogP contribution in [0.3, 0.4) is 0 Å². The first kappa shape index (κ1) is 20.3. The predicted octanol–water partition coefficient (Wildman–Crippen LogP) is 4.37. The minimum atomic E-state index is -5.94. The Morgan fingerprint density at radius 3 is 1.92 bits per heavy atom. The number of hydrogen-bond donors (Lipinski definition) is 2. The smallest absolute Gasteiger partial charge is 0.369 e. The Bertz CT molecular complexity index is 551. The van der Waals surface area contributed by atoms with E-state index in [2.05, 4.69) is 5.32 Å². The van der Waals surface area contributed by atoms with Crippen LogP contribution >= 0.6 is 0 Å². The highest BCUT2D eigenvalue weighted by atomic mass is 19.4. The number of aliphatic hydroxyl groups is 1.